The maximum atomic E-state index is 13.0. The molecule has 1 saturated heterocycles. The Morgan fingerprint density at radius 2 is 2.08 bits per heavy atom. The highest BCUT2D eigenvalue weighted by molar-refractivity contribution is 7.18. The van der Waals surface area contributed by atoms with E-state index in [0.29, 0.717) is 10.4 Å². The Kier molecular flexibility index (Phi) is 4.05. The molecule has 1 aliphatic rings. The lowest BCUT2D eigenvalue weighted by Gasteiger charge is -2.24. The number of carbonyl (C=O) groups excluding carboxylic acids is 2. The zero-order chi connectivity index (χ0) is 17.6. The number of nitrogens with two attached hydrogens (primary N) is 1. The number of aryl methyl sites for hydroxylation is 1. The van der Waals surface area contributed by atoms with Crippen LogP contribution < -0.4 is 5.73 Å². The first-order valence-electron chi connectivity index (χ1n) is 8.10. The number of hydrogen-bond acceptors (Lipinski definition) is 5. The fourth-order valence-corrected chi connectivity index (χ4v) is 5.13. The Balaban J connectivity index is 1.63. The van der Waals surface area contributed by atoms with Crippen molar-refractivity contribution in [2.45, 2.75) is 25.8 Å². The van der Waals surface area contributed by atoms with Gasteiger partial charge in [0.2, 0.25) is 0 Å². The molecule has 1 aliphatic heterocycles. The number of thiophene rings is 1. The molecule has 2 amide bonds. The van der Waals surface area contributed by atoms with Crippen LogP contribution in [0.3, 0.4) is 0 Å². The standard InChI is InChI=1S/C18H17N3O2S2/c1-10-20-12-9-11(4-5-14(12)24-10)18(23)21-8-2-3-13(21)15-6-7-16(25-15)17(19)22/h4-7,9,13H,2-3,8H2,1H3,(H2,19,22)/t13-/m0/s1. The molecule has 4 rings (SSSR count). The van der Waals surface area contributed by atoms with Crippen molar-refractivity contribution < 1.29 is 9.59 Å². The molecule has 0 bridgehead atoms. The van der Waals surface area contributed by atoms with E-state index in [1.807, 2.05) is 36.1 Å². The second kappa shape index (κ2) is 6.24. The number of carbonyl (C=O) groups is 2. The number of hydrogen-bond donors (Lipinski definition) is 1. The van der Waals surface area contributed by atoms with Gasteiger partial charge in [-0.05, 0) is 50.1 Å². The van der Waals surface area contributed by atoms with Gasteiger partial charge < -0.3 is 10.6 Å². The highest BCUT2D eigenvalue weighted by atomic mass is 32.1. The monoisotopic (exact) mass is 371 g/mol. The van der Waals surface area contributed by atoms with Crippen LogP contribution in [0, 0.1) is 6.92 Å². The van der Waals surface area contributed by atoms with E-state index in [1.165, 1.54) is 11.3 Å². The molecular formula is C18H17N3O2S2. The highest BCUT2D eigenvalue weighted by Gasteiger charge is 2.32. The number of likely N-dealkylation sites (tertiary alicyclic amines) is 1. The number of nitrogens with zero attached hydrogens (tertiary/aromatic N) is 2. The fourth-order valence-electron chi connectivity index (χ4n) is 3.31. The average molecular weight is 371 g/mol. The van der Waals surface area contributed by atoms with Gasteiger partial charge in [0.15, 0.2) is 0 Å². The van der Waals surface area contributed by atoms with E-state index in [4.69, 9.17) is 5.73 Å². The molecule has 1 aromatic carbocycles. The van der Waals surface area contributed by atoms with Crippen molar-refractivity contribution in [3.8, 4) is 0 Å². The van der Waals surface area contributed by atoms with Crippen molar-refractivity contribution in [1.29, 1.82) is 0 Å². The summed E-state index contributed by atoms with van der Waals surface area (Å²) in [6, 6.07) is 9.38. The SMILES string of the molecule is Cc1nc2cc(C(=O)N3CCC[C@H]3c3ccc(C(N)=O)s3)ccc2s1. The molecule has 0 unspecified atom stereocenters. The molecule has 7 heteroatoms. The first kappa shape index (κ1) is 16.2. The zero-order valence-corrected chi connectivity index (χ0v) is 15.3. The second-order valence-electron chi connectivity index (χ2n) is 6.14. The Labute approximate surface area is 153 Å². The number of benzene rings is 1. The van der Waals surface area contributed by atoms with Crippen LogP contribution in [0.5, 0.6) is 0 Å². The summed E-state index contributed by atoms with van der Waals surface area (Å²) >= 11 is 3.01. The minimum absolute atomic E-state index is 0.0125. The van der Waals surface area contributed by atoms with Gasteiger partial charge in [0.05, 0.1) is 26.1 Å². The Hall–Kier alpha value is -2.25. The molecule has 0 radical (unpaired) electrons. The van der Waals surface area contributed by atoms with E-state index >= 15 is 0 Å². The molecule has 1 fully saturated rings. The highest BCUT2D eigenvalue weighted by Crippen LogP contribution is 2.37. The minimum atomic E-state index is -0.420. The number of fused-ring (bicyclic) bond motifs is 1. The van der Waals surface area contributed by atoms with Gasteiger partial charge >= 0.3 is 0 Å². The molecule has 0 aliphatic carbocycles. The molecule has 5 nitrogen and oxygen atoms in total. The fraction of sp³-hybridized carbons (Fsp3) is 0.278. The average Bonchev–Trinajstić information content (AvgIpc) is 3.30. The maximum Gasteiger partial charge on any atom is 0.258 e. The van der Waals surface area contributed by atoms with E-state index < -0.39 is 5.91 Å². The first-order valence-corrected chi connectivity index (χ1v) is 9.74. The van der Waals surface area contributed by atoms with Crippen molar-refractivity contribution in [3.63, 3.8) is 0 Å². The molecule has 2 aromatic heterocycles. The molecule has 0 saturated carbocycles. The third-order valence-corrected chi connectivity index (χ3v) is 6.61. The van der Waals surface area contributed by atoms with Crippen LogP contribution in [-0.2, 0) is 0 Å². The molecule has 3 heterocycles. The van der Waals surface area contributed by atoms with Gasteiger partial charge in [0, 0.05) is 17.0 Å². The lowest BCUT2D eigenvalue weighted by molar-refractivity contribution is 0.0738. The summed E-state index contributed by atoms with van der Waals surface area (Å²) in [7, 11) is 0. The minimum Gasteiger partial charge on any atom is -0.365 e. The van der Waals surface area contributed by atoms with Gasteiger partial charge in [-0.15, -0.1) is 22.7 Å². The predicted molar refractivity (Wildman–Crippen MR) is 100 cm³/mol. The van der Waals surface area contributed by atoms with Gasteiger partial charge in [-0.3, -0.25) is 9.59 Å². The summed E-state index contributed by atoms with van der Waals surface area (Å²) in [6.07, 6.45) is 1.86. The smallest absolute Gasteiger partial charge is 0.258 e. The summed E-state index contributed by atoms with van der Waals surface area (Å²) in [5.74, 6) is -0.402. The number of primary amides is 1. The molecule has 3 aromatic rings. The van der Waals surface area contributed by atoms with Gasteiger partial charge in [0.25, 0.3) is 11.8 Å². The number of aromatic nitrogens is 1. The van der Waals surface area contributed by atoms with E-state index in [0.717, 1.165) is 39.5 Å². The summed E-state index contributed by atoms with van der Waals surface area (Å²) in [6.45, 7) is 2.69. The lowest BCUT2D eigenvalue weighted by Crippen LogP contribution is -2.30. The van der Waals surface area contributed by atoms with Crippen LogP contribution in [0.4, 0.5) is 0 Å². The van der Waals surface area contributed by atoms with Crippen molar-refractivity contribution in [1.82, 2.24) is 9.88 Å². The number of thiazole rings is 1. The normalized spacial score (nSPS) is 17.3. The Morgan fingerprint density at radius 3 is 2.84 bits per heavy atom. The lowest BCUT2D eigenvalue weighted by atomic mass is 10.1. The van der Waals surface area contributed by atoms with E-state index in [-0.39, 0.29) is 11.9 Å². The van der Waals surface area contributed by atoms with Gasteiger partial charge in [0.1, 0.15) is 0 Å². The summed E-state index contributed by atoms with van der Waals surface area (Å²) in [4.78, 5) is 32.3. The van der Waals surface area contributed by atoms with Crippen molar-refractivity contribution in [2.24, 2.45) is 5.73 Å². The topological polar surface area (TPSA) is 76.3 Å². The summed E-state index contributed by atoms with van der Waals surface area (Å²) in [5, 5.41) is 0.996. The first-order chi connectivity index (χ1) is 12.0. The van der Waals surface area contributed by atoms with E-state index in [1.54, 1.807) is 17.4 Å². The molecule has 2 N–H and O–H groups in total. The maximum absolute atomic E-state index is 13.0. The zero-order valence-electron chi connectivity index (χ0n) is 13.7. The Bertz CT molecular complexity index is 976. The van der Waals surface area contributed by atoms with Crippen LogP contribution in [0.2, 0.25) is 0 Å². The predicted octanol–water partition coefficient (Wildman–Crippen LogP) is 3.74. The largest absolute Gasteiger partial charge is 0.365 e. The second-order valence-corrected chi connectivity index (χ2v) is 8.49. The van der Waals surface area contributed by atoms with Crippen LogP contribution in [0.15, 0.2) is 30.3 Å². The van der Waals surface area contributed by atoms with E-state index in [2.05, 4.69) is 4.98 Å². The van der Waals surface area contributed by atoms with Crippen LogP contribution >= 0.6 is 22.7 Å². The number of rotatable bonds is 3. The van der Waals surface area contributed by atoms with Crippen molar-refractivity contribution >= 4 is 44.7 Å². The summed E-state index contributed by atoms with van der Waals surface area (Å²) in [5.41, 5.74) is 6.89. The quantitative estimate of drug-likeness (QED) is 0.762. The van der Waals surface area contributed by atoms with Gasteiger partial charge in [-0.2, -0.15) is 0 Å². The number of amides is 2. The van der Waals surface area contributed by atoms with Gasteiger partial charge in [-0.1, -0.05) is 0 Å². The van der Waals surface area contributed by atoms with Crippen LogP contribution in [-0.4, -0.2) is 28.2 Å². The molecular weight excluding hydrogens is 354 g/mol. The third-order valence-electron chi connectivity index (χ3n) is 4.45. The van der Waals surface area contributed by atoms with Gasteiger partial charge in [-0.25, -0.2) is 4.98 Å². The van der Waals surface area contributed by atoms with Crippen LogP contribution in [0.1, 0.15) is 48.8 Å². The molecule has 1 atom stereocenters. The molecule has 128 valence electrons. The molecule has 0 spiro atoms. The Morgan fingerprint density at radius 1 is 1.24 bits per heavy atom. The van der Waals surface area contributed by atoms with E-state index in [9.17, 15) is 9.59 Å². The summed E-state index contributed by atoms with van der Waals surface area (Å²) < 4.78 is 1.09. The van der Waals surface area contributed by atoms with Crippen molar-refractivity contribution in [3.05, 3.63) is 50.7 Å². The third kappa shape index (κ3) is 2.94. The van der Waals surface area contributed by atoms with Crippen LogP contribution in [0.25, 0.3) is 10.2 Å². The van der Waals surface area contributed by atoms with Crippen molar-refractivity contribution in [2.75, 3.05) is 6.54 Å². The molecule has 25 heavy (non-hydrogen) atoms.